The van der Waals surface area contributed by atoms with Crippen LogP contribution in [0, 0.1) is 6.92 Å². The summed E-state index contributed by atoms with van der Waals surface area (Å²) in [5.74, 6) is 0. The van der Waals surface area contributed by atoms with Crippen molar-refractivity contribution in [2.75, 3.05) is 11.1 Å². The summed E-state index contributed by atoms with van der Waals surface area (Å²) in [4.78, 5) is 0. The lowest BCUT2D eigenvalue weighted by atomic mass is 10.1. The third-order valence-electron chi connectivity index (χ3n) is 2.85. The quantitative estimate of drug-likeness (QED) is 0.743. The molecule has 0 amide bonds. The fraction of sp³-hybridized carbons (Fsp3) is 0.143. The van der Waals surface area contributed by atoms with Crippen LogP contribution in [0.5, 0.6) is 0 Å². The summed E-state index contributed by atoms with van der Waals surface area (Å²) < 4.78 is 38.6. The molecule has 6 heteroatoms. The molecule has 2 aromatic rings. The molecule has 0 unspecified atom stereocenters. The van der Waals surface area contributed by atoms with Gasteiger partial charge in [-0.2, -0.15) is 13.2 Å². The Morgan fingerprint density at radius 2 is 1.80 bits per heavy atom. The molecule has 0 heterocycles. The van der Waals surface area contributed by atoms with E-state index in [1.54, 1.807) is 18.2 Å². The van der Waals surface area contributed by atoms with E-state index < -0.39 is 11.7 Å². The van der Waals surface area contributed by atoms with Crippen LogP contribution in [0.4, 0.5) is 30.2 Å². The number of rotatable bonds is 2. The zero-order chi connectivity index (χ0) is 14.9. The van der Waals surface area contributed by atoms with Crippen molar-refractivity contribution in [3.05, 3.63) is 52.0 Å². The molecule has 0 aliphatic heterocycles. The Bertz CT molecular complexity index is 639. The van der Waals surface area contributed by atoms with Crippen LogP contribution in [0.25, 0.3) is 0 Å². The van der Waals surface area contributed by atoms with Crippen molar-refractivity contribution in [2.24, 2.45) is 0 Å². The number of anilines is 3. The molecule has 0 saturated heterocycles. The minimum Gasteiger partial charge on any atom is -0.398 e. The van der Waals surface area contributed by atoms with Gasteiger partial charge in [0.2, 0.25) is 0 Å². The molecule has 3 N–H and O–H groups in total. The van der Waals surface area contributed by atoms with Crippen molar-refractivity contribution in [1.82, 2.24) is 0 Å². The lowest BCUT2D eigenvalue weighted by Gasteiger charge is -2.13. The number of hydrogen-bond acceptors (Lipinski definition) is 2. The first-order chi connectivity index (χ1) is 9.27. The second-order valence-electron chi connectivity index (χ2n) is 4.39. The Hall–Kier alpha value is -1.69. The number of nitrogens with two attached hydrogens (primary N) is 1. The minimum absolute atomic E-state index is 0.336. The van der Waals surface area contributed by atoms with Crippen molar-refractivity contribution < 1.29 is 13.2 Å². The summed E-state index contributed by atoms with van der Waals surface area (Å²) in [6, 6.07) is 8.70. The average molecular weight is 345 g/mol. The summed E-state index contributed by atoms with van der Waals surface area (Å²) >= 11 is 3.23. The molecule has 0 atom stereocenters. The topological polar surface area (TPSA) is 38.0 Å². The molecule has 106 valence electrons. The van der Waals surface area contributed by atoms with Crippen molar-refractivity contribution in [2.45, 2.75) is 13.1 Å². The highest BCUT2D eigenvalue weighted by Crippen LogP contribution is 2.35. The molecule has 2 nitrogen and oxygen atoms in total. The van der Waals surface area contributed by atoms with Crippen LogP contribution in [-0.4, -0.2) is 0 Å². The molecule has 0 aromatic heterocycles. The van der Waals surface area contributed by atoms with Crippen molar-refractivity contribution in [1.29, 1.82) is 0 Å². The van der Waals surface area contributed by atoms with E-state index in [-0.39, 0.29) is 0 Å². The van der Waals surface area contributed by atoms with E-state index in [4.69, 9.17) is 5.73 Å². The van der Waals surface area contributed by atoms with Gasteiger partial charge in [-0.15, -0.1) is 0 Å². The van der Waals surface area contributed by atoms with Gasteiger partial charge in [-0.3, -0.25) is 0 Å². The zero-order valence-corrected chi connectivity index (χ0v) is 12.1. The monoisotopic (exact) mass is 344 g/mol. The Morgan fingerprint density at radius 1 is 1.10 bits per heavy atom. The predicted molar refractivity (Wildman–Crippen MR) is 78.0 cm³/mol. The number of benzene rings is 2. The SMILES string of the molecule is Cc1ccc(Nc2cc(C(F)(F)F)ccc2Br)cc1N. The lowest BCUT2D eigenvalue weighted by Crippen LogP contribution is -2.05. The molecule has 20 heavy (non-hydrogen) atoms. The number of nitrogens with one attached hydrogen (secondary N) is 1. The highest BCUT2D eigenvalue weighted by molar-refractivity contribution is 9.10. The average Bonchev–Trinajstić information content (AvgIpc) is 2.35. The highest BCUT2D eigenvalue weighted by atomic mass is 79.9. The van der Waals surface area contributed by atoms with Gasteiger partial charge in [0.05, 0.1) is 11.3 Å². The van der Waals surface area contributed by atoms with E-state index >= 15 is 0 Å². The maximum absolute atomic E-state index is 12.7. The second-order valence-corrected chi connectivity index (χ2v) is 5.24. The van der Waals surface area contributed by atoms with E-state index in [1.807, 2.05) is 6.92 Å². The summed E-state index contributed by atoms with van der Waals surface area (Å²) in [6.07, 6.45) is -4.37. The standard InChI is InChI=1S/C14H12BrF3N2/c1-8-2-4-10(7-12(8)19)20-13-6-9(14(16,17)18)3-5-11(13)15/h2-7,20H,19H2,1H3. The molecular formula is C14H12BrF3N2. The highest BCUT2D eigenvalue weighted by Gasteiger charge is 2.30. The summed E-state index contributed by atoms with van der Waals surface area (Å²) in [7, 11) is 0. The first kappa shape index (κ1) is 14.7. The Labute approximate surface area is 122 Å². The van der Waals surface area contributed by atoms with E-state index in [1.165, 1.54) is 6.07 Å². The Kier molecular flexibility index (Phi) is 3.94. The number of aryl methyl sites for hydroxylation is 1. The Morgan fingerprint density at radius 3 is 2.40 bits per heavy atom. The zero-order valence-electron chi connectivity index (χ0n) is 10.6. The van der Waals surface area contributed by atoms with Gasteiger partial charge in [0.25, 0.3) is 0 Å². The maximum atomic E-state index is 12.7. The molecule has 2 aromatic carbocycles. The van der Waals surface area contributed by atoms with Gasteiger partial charge in [-0.05, 0) is 58.7 Å². The Balaban J connectivity index is 2.35. The number of halogens is 4. The third kappa shape index (κ3) is 3.25. The molecular weight excluding hydrogens is 333 g/mol. The first-order valence-electron chi connectivity index (χ1n) is 5.77. The van der Waals surface area contributed by atoms with Crippen molar-refractivity contribution in [3.63, 3.8) is 0 Å². The number of alkyl halides is 3. The van der Waals surface area contributed by atoms with Gasteiger partial charge in [0.1, 0.15) is 0 Å². The summed E-state index contributed by atoms with van der Waals surface area (Å²) in [5, 5.41) is 2.93. The fourth-order valence-electron chi connectivity index (χ4n) is 1.67. The molecule has 0 fully saturated rings. The van der Waals surface area contributed by atoms with Gasteiger partial charge in [0.15, 0.2) is 0 Å². The van der Waals surface area contributed by atoms with Crippen LogP contribution in [0.15, 0.2) is 40.9 Å². The van der Waals surface area contributed by atoms with Gasteiger partial charge < -0.3 is 11.1 Å². The number of nitrogen functional groups attached to an aromatic ring is 1. The van der Waals surface area contributed by atoms with E-state index in [2.05, 4.69) is 21.2 Å². The van der Waals surface area contributed by atoms with E-state index in [0.717, 1.165) is 17.7 Å². The van der Waals surface area contributed by atoms with Gasteiger partial charge >= 0.3 is 6.18 Å². The summed E-state index contributed by atoms with van der Waals surface area (Å²) in [6.45, 7) is 1.86. The van der Waals surface area contributed by atoms with Gasteiger partial charge in [-0.25, -0.2) is 0 Å². The molecule has 0 radical (unpaired) electrons. The van der Waals surface area contributed by atoms with Gasteiger partial charge in [-0.1, -0.05) is 6.07 Å². The fourth-order valence-corrected chi connectivity index (χ4v) is 2.02. The molecule has 2 rings (SSSR count). The van der Waals surface area contributed by atoms with Crippen LogP contribution in [0.1, 0.15) is 11.1 Å². The predicted octanol–water partition coefficient (Wildman–Crippen LogP) is 5.10. The van der Waals surface area contributed by atoms with Crippen LogP contribution >= 0.6 is 15.9 Å². The number of hydrogen-bond donors (Lipinski definition) is 2. The molecule has 0 saturated carbocycles. The summed E-state index contributed by atoms with van der Waals surface area (Å²) in [5.41, 5.74) is 7.54. The second kappa shape index (κ2) is 5.36. The smallest absolute Gasteiger partial charge is 0.398 e. The van der Waals surface area contributed by atoms with Crippen LogP contribution < -0.4 is 11.1 Å². The van der Waals surface area contributed by atoms with E-state index in [9.17, 15) is 13.2 Å². The minimum atomic E-state index is -4.37. The molecule has 0 bridgehead atoms. The van der Waals surface area contributed by atoms with Crippen LogP contribution in [-0.2, 0) is 6.18 Å². The molecule has 0 aliphatic carbocycles. The van der Waals surface area contributed by atoms with E-state index in [0.29, 0.717) is 21.5 Å². The maximum Gasteiger partial charge on any atom is 0.416 e. The van der Waals surface area contributed by atoms with Crippen LogP contribution in [0.2, 0.25) is 0 Å². The van der Waals surface area contributed by atoms with Gasteiger partial charge in [0, 0.05) is 15.8 Å². The largest absolute Gasteiger partial charge is 0.416 e. The normalized spacial score (nSPS) is 11.4. The van der Waals surface area contributed by atoms with Crippen LogP contribution in [0.3, 0.4) is 0 Å². The third-order valence-corrected chi connectivity index (χ3v) is 3.54. The first-order valence-corrected chi connectivity index (χ1v) is 6.56. The van der Waals surface area contributed by atoms with Crippen molar-refractivity contribution in [3.8, 4) is 0 Å². The van der Waals surface area contributed by atoms with Crippen molar-refractivity contribution >= 4 is 33.0 Å². The lowest BCUT2D eigenvalue weighted by molar-refractivity contribution is -0.137. The molecule has 0 spiro atoms. The molecule has 0 aliphatic rings.